The van der Waals surface area contributed by atoms with Gasteiger partial charge in [0, 0.05) is 0 Å². The molecule has 0 aliphatic heterocycles. The molecule has 2 heterocycles. The van der Waals surface area contributed by atoms with E-state index in [9.17, 15) is 4.39 Å². The van der Waals surface area contributed by atoms with Crippen molar-refractivity contribution in [3.63, 3.8) is 0 Å². The molecule has 0 unspecified atom stereocenters. The lowest BCUT2D eigenvalue weighted by Crippen LogP contribution is -2.13. The summed E-state index contributed by atoms with van der Waals surface area (Å²) >= 11 is 0. The van der Waals surface area contributed by atoms with Crippen LogP contribution in [0.4, 0.5) is 16.2 Å². The van der Waals surface area contributed by atoms with E-state index in [1.807, 2.05) is 0 Å². The first-order valence-electron chi connectivity index (χ1n) is 4.71. The second kappa shape index (κ2) is 4.70. The van der Waals surface area contributed by atoms with Gasteiger partial charge in [0.25, 0.3) is 0 Å². The Balaban J connectivity index is 2.07. The maximum atomic E-state index is 13.3. The quantitative estimate of drug-likeness (QED) is 0.512. The number of rotatable bonds is 4. The van der Waals surface area contributed by atoms with Crippen LogP contribution in [0.1, 0.15) is 11.7 Å². The van der Waals surface area contributed by atoms with Crippen LogP contribution in [0.3, 0.4) is 0 Å². The smallest absolute Gasteiger partial charge is 0.245 e. The number of hydrogen-bond acceptors (Lipinski definition) is 8. The normalized spacial score (nSPS) is 10.3. The summed E-state index contributed by atoms with van der Waals surface area (Å²) in [6, 6.07) is 0. The molecule has 0 bridgehead atoms. The summed E-state index contributed by atoms with van der Waals surface area (Å²) in [4.78, 5) is 11.3. The Morgan fingerprint density at radius 1 is 1.47 bits per heavy atom. The number of nitrogens with zero attached hydrogens (tertiary/aromatic N) is 4. The average Bonchev–Trinajstić information content (AvgIpc) is 2.74. The maximum absolute atomic E-state index is 13.3. The third-order valence-electron chi connectivity index (χ3n) is 1.85. The number of anilines is 2. The fourth-order valence-corrected chi connectivity index (χ4v) is 1.13. The zero-order valence-corrected chi connectivity index (χ0v) is 8.94. The van der Waals surface area contributed by atoms with E-state index in [0.717, 1.165) is 6.20 Å². The predicted octanol–water partition coefficient (Wildman–Crippen LogP) is 0.205. The van der Waals surface area contributed by atoms with Crippen molar-refractivity contribution in [1.82, 2.24) is 20.1 Å². The van der Waals surface area contributed by atoms with Crippen LogP contribution in [0, 0.1) is 12.7 Å². The molecule has 0 saturated carbocycles. The van der Waals surface area contributed by atoms with Gasteiger partial charge in [0.15, 0.2) is 17.5 Å². The Kier molecular flexibility index (Phi) is 3.10. The van der Waals surface area contributed by atoms with E-state index in [0.29, 0.717) is 11.7 Å². The summed E-state index contributed by atoms with van der Waals surface area (Å²) in [5.74, 6) is 5.47. The van der Waals surface area contributed by atoms with E-state index in [1.54, 1.807) is 6.92 Å². The summed E-state index contributed by atoms with van der Waals surface area (Å²) < 4.78 is 18.1. The lowest BCUT2D eigenvalue weighted by atomic mass is 10.5. The van der Waals surface area contributed by atoms with Crippen molar-refractivity contribution in [3.8, 4) is 0 Å². The van der Waals surface area contributed by atoms with E-state index in [4.69, 9.17) is 10.4 Å². The molecule has 0 aliphatic carbocycles. The number of nitrogens with two attached hydrogens (primary N) is 1. The monoisotopic (exact) mass is 239 g/mol. The molecule has 17 heavy (non-hydrogen) atoms. The summed E-state index contributed by atoms with van der Waals surface area (Å²) in [5.41, 5.74) is 2.22. The number of hydrogen-bond donors (Lipinski definition) is 3. The highest BCUT2D eigenvalue weighted by Gasteiger charge is 2.08. The van der Waals surface area contributed by atoms with Crippen molar-refractivity contribution >= 4 is 11.8 Å². The minimum absolute atomic E-state index is 0.00352. The molecule has 4 N–H and O–H groups in total. The van der Waals surface area contributed by atoms with E-state index in [2.05, 4.69) is 30.9 Å². The van der Waals surface area contributed by atoms with Crippen LogP contribution >= 0.6 is 0 Å². The van der Waals surface area contributed by atoms with E-state index < -0.39 is 5.82 Å². The predicted molar refractivity (Wildman–Crippen MR) is 56.2 cm³/mol. The third-order valence-corrected chi connectivity index (χ3v) is 1.85. The molecule has 0 spiro atoms. The summed E-state index contributed by atoms with van der Waals surface area (Å²) in [5, 5.41) is 6.30. The average molecular weight is 239 g/mol. The number of aromatic nitrogens is 4. The molecule has 9 heteroatoms. The van der Waals surface area contributed by atoms with Crippen LogP contribution in [0.25, 0.3) is 0 Å². The van der Waals surface area contributed by atoms with Gasteiger partial charge >= 0.3 is 0 Å². The topological polar surface area (TPSA) is 115 Å². The SMILES string of the molecule is Cc1noc(CNc2nc(NN)ncc2F)n1. The van der Waals surface area contributed by atoms with Crippen molar-refractivity contribution in [2.45, 2.75) is 13.5 Å². The van der Waals surface area contributed by atoms with Crippen LogP contribution in [0.2, 0.25) is 0 Å². The van der Waals surface area contributed by atoms with Crippen LogP contribution in [-0.4, -0.2) is 20.1 Å². The number of nitrogen functional groups attached to an aromatic ring is 1. The molecular weight excluding hydrogens is 229 g/mol. The van der Waals surface area contributed by atoms with Crippen molar-refractivity contribution in [2.75, 3.05) is 10.7 Å². The standard InChI is InChI=1S/C8H10FN7O/c1-4-13-6(17-16-4)3-11-7-5(9)2-12-8(14-7)15-10/h2H,3,10H2,1H3,(H2,11,12,14,15). The van der Waals surface area contributed by atoms with Gasteiger partial charge in [-0.25, -0.2) is 15.2 Å². The molecule has 0 aliphatic rings. The molecule has 2 rings (SSSR count). The van der Waals surface area contributed by atoms with E-state index in [-0.39, 0.29) is 18.3 Å². The second-order valence-corrected chi connectivity index (χ2v) is 3.12. The highest BCUT2D eigenvalue weighted by Crippen LogP contribution is 2.12. The maximum Gasteiger partial charge on any atom is 0.245 e. The Hall–Kier alpha value is -2.29. The van der Waals surface area contributed by atoms with Crippen LogP contribution in [0.15, 0.2) is 10.7 Å². The lowest BCUT2D eigenvalue weighted by molar-refractivity contribution is 0.379. The largest absolute Gasteiger partial charge is 0.358 e. The molecule has 2 aromatic rings. The first-order valence-corrected chi connectivity index (χ1v) is 4.71. The Morgan fingerprint density at radius 2 is 2.29 bits per heavy atom. The summed E-state index contributed by atoms with van der Waals surface area (Å²) in [6.45, 7) is 1.85. The summed E-state index contributed by atoms with van der Waals surface area (Å²) in [7, 11) is 0. The molecule has 0 atom stereocenters. The molecule has 0 saturated heterocycles. The van der Waals surface area contributed by atoms with Crippen molar-refractivity contribution in [3.05, 3.63) is 23.7 Å². The molecule has 0 amide bonds. The molecule has 8 nitrogen and oxygen atoms in total. The highest BCUT2D eigenvalue weighted by molar-refractivity contribution is 5.40. The minimum Gasteiger partial charge on any atom is -0.358 e. The summed E-state index contributed by atoms with van der Waals surface area (Å²) in [6.07, 6.45) is 1.00. The minimum atomic E-state index is -0.597. The third kappa shape index (κ3) is 2.64. The zero-order valence-electron chi connectivity index (χ0n) is 8.94. The van der Waals surface area contributed by atoms with E-state index >= 15 is 0 Å². The molecule has 90 valence electrons. The Bertz CT molecular complexity index is 514. The highest BCUT2D eigenvalue weighted by atomic mass is 19.1. The Morgan fingerprint density at radius 3 is 2.94 bits per heavy atom. The van der Waals surface area contributed by atoms with Gasteiger partial charge in [-0.1, -0.05) is 5.16 Å². The van der Waals surface area contributed by atoms with Gasteiger partial charge in [-0.05, 0) is 6.92 Å². The number of nitrogens with one attached hydrogen (secondary N) is 2. The first kappa shape index (κ1) is 11.2. The van der Waals surface area contributed by atoms with Gasteiger partial charge in [-0.3, -0.25) is 5.43 Å². The van der Waals surface area contributed by atoms with Crippen LogP contribution < -0.4 is 16.6 Å². The fourth-order valence-electron chi connectivity index (χ4n) is 1.13. The number of halogens is 1. The van der Waals surface area contributed by atoms with Gasteiger partial charge in [-0.2, -0.15) is 9.97 Å². The van der Waals surface area contributed by atoms with Gasteiger partial charge < -0.3 is 9.84 Å². The molecular formula is C8H10FN7O. The molecule has 0 fully saturated rings. The van der Waals surface area contributed by atoms with Crippen molar-refractivity contribution in [2.24, 2.45) is 5.84 Å². The molecule has 2 aromatic heterocycles. The Labute approximate surface area is 95.4 Å². The van der Waals surface area contributed by atoms with Gasteiger partial charge in [-0.15, -0.1) is 0 Å². The van der Waals surface area contributed by atoms with Crippen LogP contribution in [0.5, 0.6) is 0 Å². The molecule has 0 aromatic carbocycles. The van der Waals surface area contributed by atoms with Crippen molar-refractivity contribution < 1.29 is 8.91 Å². The van der Waals surface area contributed by atoms with Gasteiger partial charge in [0.05, 0.1) is 12.7 Å². The second-order valence-electron chi connectivity index (χ2n) is 3.12. The van der Waals surface area contributed by atoms with Gasteiger partial charge in [0.2, 0.25) is 11.8 Å². The zero-order chi connectivity index (χ0) is 12.3. The van der Waals surface area contributed by atoms with Crippen molar-refractivity contribution in [1.29, 1.82) is 0 Å². The fraction of sp³-hybridized carbons (Fsp3) is 0.250. The van der Waals surface area contributed by atoms with Crippen LogP contribution in [-0.2, 0) is 6.54 Å². The lowest BCUT2D eigenvalue weighted by Gasteiger charge is -2.05. The number of aryl methyl sites for hydroxylation is 1. The number of hydrazine groups is 1. The molecule has 0 radical (unpaired) electrons. The van der Waals surface area contributed by atoms with E-state index in [1.165, 1.54) is 0 Å². The van der Waals surface area contributed by atoms with Gasteiger partial charge in [0.1, 0.15) is 0 Å². The first-order chi connectivity index (χ1) is 8.19.